The van der Waals surface area contributed by atoms with E-state index in [9.17, 15) is 14.9 Å². The SMILES string of the molecule is Cc1cc(C(=O)COC(=O)c2c(C)oc(-n3cccc3)c2C#N)c(C)[nH]1. The number of carbonyl (C=O) groups excluding carboxylic acids is 2. The third-order valence-electron chi connectivity index (χ3n) is 4.00. The molecule has 3 aromatic rings. The molecule has 7 nitrogen and oxygen atoms in total. The number of carbonyl (C=O) groups is 2. The Morgan fingerprint density at radius 1 is 1.27 bits per heavy atom. The number of esters is 1. The molecule has 0 unspecified atom stereocenters. The minimum absolute atomic E-state index is 0.0333. The van der Waals surface area contributed by atoms with Crippen LogP contribution in [0.1, 0.15) is 43.4 Å². The number of H-pyrrole nitrogens is 1. The van der Waals surface area contributed by atoms with Crippen molar-refractivity contribution < 1.29 is 18.7 Å². The molecule has 0 saturated heterocycles. The van der Waals surface area contributed by atoms with Gasteiger partial charge < -0.3 is 14.1 Å². The molecule has 0 amide bonds. The van der Waals surface area contributed by atoms with Crippen LogP contribution in [-0.2, 0) is 4.74 Å². The van der Waals surface area contributed by atoms with Gasteiger partial charge in [0.25, 0.3) is 0 Å². The molecule has 0 saturated carbocycles. The van der Waals surface area contributed by atoms with Crippen molar-refractivity contribution in [1.82, 2.24) is 9.55 Å². The van der Waals surface area contributed by atoms with Crippen molar-refractivity contribution in [1.29, 1.82) is 5.26 Å². The number of nitriles is 1. The van der Waals surface area contributed by atoms with Gasteiger partial charge in [-0.1, -0.05) is 0 Å². The lowest BCUT2D eigenvalue weighted by Gasteiger charge is -2.04. The zero-order valence-electron chi connectivity index (χ0n) is 14.6. The van der Waals surface area contributed by atoms with Crippen LogP contribution in [-0.4, -0.2) is 27.9 Å². The second-order valence-corrected chi connectivity index (χ2v) is 5.91. The quantitative estimate of drug-likeness (QED) is 0.562. The molecule has 0 fully saturated rings. The second-order valence-electron chi connectivity index (χ2n) is 5.91. The van der Waals surface area contributed by atoms with Crippen molar-refractivity contribution in [3.05, 3.63) is 64.4 Å². The highest BCUT2D eigenvalue weighted by Gasteiger charge is 2.26. The minimum Gasteiger partial charge on any atom is -0.454 e. The number of hydrogen-bond donors (Lipinski definition) is 1. The largest absolute Gasteiger partial charge is 0.454 e. The summed E-state index contributed by atoms with van der Waals surface area (Å²) in [6, 6.07) is 7.24. The fourth-order valence-corrected chi connectivity index (χ4v) is 2.83. The number of ketones is 1. The van der Waals surface area contributed by atoms with E-state index in [4.69, 9.17) is 9.15 Å². The minimum atomic E-state index is -0.764. The number of aromatic nitrogens is 2. The molecule has 132 valence electrons. The lowest BCUT2D eigenvalue weighted by atomic mass is 10.1. The molecule has 0 aliphatic heterocycles. The number of rotatable bonds is 5. The van der Waals surface area contributed by atoms with Gasteiger partial charge in [-0.3, -0.25) is 9.36 Å². The van der Waals surface area contributed by atoms with Crippen molar-refractivity contribution in [2.45, 2.75) is 20.8 Å². The summed E-state index contributed by atoms with van der Waals surface area (Å²) < 4.78 is 12.3. The van der Waals surface area contributed by atoms with Crippen LogP contribution >= 0.6 is 0 Å². The molecule has 1 N–H and O–H groups in total. The summed E-state index contributed by atoms with van der Waals surface area (Å²) in [4.78, 5) is 27.7. The number of Topliss-reactive ketones (excluding diaryl/α,β-unsaturated/α-hetero) is 1. The Balaban J connectivity index is 1.81. The Labute approximate surface area is 149 Å². The van der Waals surface area contributed by atoms with Crippen LogP contribution in [0.25, 0.3) is 5.88 Å². The number of aromatic amines is 1. The van der Waals surface area contributed by atoms with Crippen molar-refractivity contribution in [2.75, 3.05) is 6.61 Å². The highest BCUT2D eigenvalue weighted by atomic mass is 16.5. The molecule has 26 heavy (non-hydrogen) atoms. The molecule has 0 aliphatic carbocycles. The molecule has 3 heterocycles. The first-order valence-corrected chi connectivity index (χ1v) is 7.95. The zero-order valence-corrected chi connectivity index (χ0v) is 14.6. The van der Waals surface area contributed by atoms with E-state index < -0.39 is 12.6 Å². The Bertz CT molecular complexity index is 1020. The molecule has 0 aliphatic rings. The lowest BCUT2D eigenvalue weighted by Crippen LogP contribution is -2.15. The van der Waals surface area contributed by atoms with Crippen molar-refractivity contribution in [3.63, 3.8) is 0 Å². The number of furan rings is 1. The smallest absolute Gasteiger partial charge is 0.343 e. The molecule has 3 rings (SSSR count). The first-order valence-electron chi connectivity index (χ1n) is 7.95. The van der Waals surface area contributed by atoms with E-state index in [1.165, 1.54) is 0 Å². The normalized spacial score (nSPS) is 10.5. The zero-order chi connectivity index (χ0) is 18.8. The molecule has 7 heteroatoms. The summed E-state index contributed by atoms with van der Waals surface area (Å²) in [5.41, 5.74) is 2.16. The van der Waals surface area contributed by atoms with Crippen LogP contribution in [0.3, 0.4) is 0 Å². The average Bonchev–Trinajstić information content (AvgIpc) is 3.30. The maximum Gasteiger partial charge on any atom is 0.343 e. The highest BCUT2D eigenvalue weighted by molar-refractivity contribution is 6.01. The van der Waals surface area contributed by atoms with Gasteiger partial charge >= 0.3 is 5.97 Å². The monoisotopic (exact) mass is 351 g/mol. The fourth-order valence-electron chi connectivity index (χ4n) is 2.83. The summed E-state index contributed by atoms with van der Waals surface area (Å²) in [6.07, 6.45) is 3.41. The van der Waals surface area contributed by atoms with Gasteiger partial charge in [0, 0.05) is 29.3 Å². The predicted octanol–water partition coefficient (Wildman–Crippen LogP) is 3.24. The maximum atomic E-state index is 12.5. The van der Waals surface area contributed by atoms with Crippen LogP contribution in [0.4, 0.5) is 0 Å². The molecule has 0 bridgehead atoms. The fraction of sp³-hybridized carbons (Fsp3) is 0.211. The molecular weight excluding hydrogens is 334 g/mol. The molecule has 0 spiro atoms. The van der Waals surface area contributed by atoms with Crippen molar-refractivity contribution >= 4 is 11.8 Å². The van der Waals surface area contributed by atoms with Crippen LogP contribution < -0.4 is 0 Å². The third-order valence-corrected chi connectivity index (χ3v) is 4.00. The molecule has 0 radical (unpaired) electrons. The van der Waals surface area contributed by atoms with Gasteiger partial charge in [0.05, 0.1) is 0 Å². The van der Waals surface area contributed by atoms with Gasteiger partial charge in [0.1, 0.15) is 23.0 Å². The van der Waals surface area contributed by atoms with Crippen LogP contribution in [0.5, 0.6) is 0 Å². The van der Waals surface area contributed by atoms with Gasteiger partial charge in [-0.05, 0) is 39.0 Å². The summed E-state index contributed by atoms with van der Waals surface area (Å²) in [7, 11) is 0. The summed E-state index contributed by atoms with van der Waals surface area (Å²) in [5, 5.41) is 9.45. The van der Waals surface area contributed by atoms with E-state index >= 15 is 0 Å². The summed E-state index contributed by atoms with van der Waals surface area (Å²) in [6.45, 7) is 4.78. The number of hydrogen-bond acceptors (Lipinski definition) is 5. The van der Waals surface area contributed by atoms with Gasteiger partial charge in [-0.2, -0.15) is 5.26 Å². The van der Waals surface area contributed by atoms with E-state index in [0.29, 0.717) is 5.56 Å². The van der Waals surface area contributed by atoms with E-state index in [-0.39, 0.29) is 28.6 Å². The van der Waals surface area contributed by atoms with Gasteiger partial charge in [-0.15, -0.1) is 0 Å². The summed E-state index contributed by atoms with van der Waals surface area (Å²) in [5.74, 6) is -0.577. The number of aryl methyl sites for hydroxylation is 3. The number of ether oxygens (including phenoxy) is 1. The number of nitrogens with zero attached hydrogens (tertiary/aromatic N) is 2. The third kappa shape index (κ3) is 3.05. The lowest BCUT2D eigenvalue weighted by molar-refractivity contribution is 0.0472. The first-order chi connectivity index (χ1) is 12.4. The Hall–Kier alpha value is -3.53. The highest BCUT2D eigenvalue weighted by Crippen LogP contribution is 2.26. The van der Waals surface area contributed by atoms with Gasteiger partial charge in [0.15, 0.2) is 6.61 Å². The molecular formula is C19H17N3O4. The van der Waals surface area contributed by atoms with Gasteiger partial charge in [-0.25, -0.2) is 4.79 Å². The second kappa shape index (κ2) is 6.76. The summed E-state index contributed by atoms with van der Waals surface area (Å²) >= 11 is 0. The van der Waals surface area contributed by atoms with Crippen LogP contribution in [0.2, 0.25) is 0 Å². The molecule has 3 aromatic heterocycles. The van der Waals surface area contributed by atoms with E-state index in [0.717, 1.165) is 11.4 Å². The predicted molar refractivity (Wildman–Crippen MR) is 92.4 cm³/mol. The van der Waals surface area contributed by atoms with E-state index in [1.807, 2.05) is 13.0 Å². The van der Waals surface area contributed by atoms with Gasteiger partial charge in [0.2, 0.25) is 11.7 Å². The molecule has 0 atom stereocenters. The molecule has 0 aromatic carbocycles. The van der Waals surface area contributed by atoms with Crippen molar-refractivity contribution in [3.8, 4) is 12.0 Å². The Morgan fingerprint density at radius 2 is 1.96 bits per heavy atom. The standard InChI is InChI=1S/C19H17N3O4/c1-11-8-14(12(2)21-11)16(23)10-25-19(24)17-13(3)26-18(15(17)9-20)22-6-4-5-7-22/h4-8,21H,10H2,1-3H3. The van der Waals surface area contributed by atoms with Crippen LogP contribution in [0.15, 0.2) is 35.0 Å². The van der Waals surface area contributed by atoms with E-state index in [2.05, 4.69) is 4.98 Å². The Morgan fingerprint density at radius 3 is 2.54 bits per heavy atom. The Kier molecular flexibility index (Phi) is 4.50. The van der Waals surface area contributed by atoms with Crippen molar-refractivity contribution in [2.24, 2.45) is 0 Å². The topological polar surface area (TPSA) is 101 Å². The average molecular weight is 351 g/mol. The van der Waals surface area contributed by atoms with E-state index in [1.54, 1.807) is 49.0 Å². The number of nitrogens with one attached hydrogen (secondary N) is 1. The van der Waals surface area contributed by atoms with Crippen LogP contribution in [0, 0.1) is 32.1 Å². The first kappa shape index (κ1) is 17.3. The maximum absolute atomic E-state index is 12.5.